The Kier molecular flexibility index (Phi) is 6.11. The van der Waals surface area contributed by atoms with Gasteiger partial charge in [-0.15, -0.1) is 5.10 Å². The van der Waals surface area contributed by atoms with Crippen molar-refractivity contribution in [1.82, 2.24) is 19.7 Å². The Balaban J connectivity index is 1.81. The number of aromatic nitrogens is 3. The molecule has 1 aromatic carbocycles. The van der Waals surface area contributed by atoms with Gasteiger partial charge in [-0.05, 0) is 43.5 Å². The van der Waals surface area contributed by atoms with E-state index in [0.717, 1.165) is 19.3 Å². The van der Waals surface area contributed by atoms with Crippen molar-refractivity contribution >= 4 is 17.5 Å². The fourth-order valence-electron chi connectivity index (χ4n) is 3.01. The van der Waals surface area contributed by atoms with E-state index in [1.54, 1.807) is 24.3 Å². The van der Waals surface area contributed by atoms with Gasteiger partial charge in [0.05, 0.1) is 5.69 Å². The first kappa shape index (κ1) is 18.7. The highest BCUT2D eigenvalue weighted by atomic mass is 35.5. The SMILES string of the molecule is CCCc1nn(-c2ccc(Cl)cc2)c(=O)n1CC(=O)NC1CCOCC1. The summed E-state index contributed by atoms with van der Waals surface area (Å²) in [5.41, 5.74) is 0.304. The third-order valence-corrected chi connectivity index (χ3v) is 4.62. The lowest BCUT2D eigenvalue weighted by molar-refractivity contribution is -0.123. The van der Waals surface area contributed by atoms with Crippen LogP contribution in [0.1, 0.15) is 32.0 Å². The molecule has 1 amide bonds. The van der Waals surface area contributed by atoms with Crippen LogP contribution in [0.25, 0.3) is 5.69 Å². The van der Waals surface area contributed by atoms with E-state index in [1.807, 2.05) is 6.92 Å². The Morgan fingerprint density at radius 3 is 2.65 bits per heavy atom. The van der Waals surface area contributed by atoms with Crippen molar-refractivity contribution < 1.29 is 9.53 Å². The molecule has 1 aliphatic heterocycles. The summed E-state index contributed by atoms with van der Waals surface area (Å²) >= 11 is 5.91. The molecule has 0 radical (unpaired) electrons. The molecule has 0 bridgehead atoms. The minimum atomic E-state index is -0.321. The van der Waals surface area contributed by atoms with Crippen molar-refractivity contribution in [2.75, 3.05) is 13.2 Å². The molecule has 1 aromatic heterocycles. The lowest BCUT2D eigenvalue weighted by Gasteiger charge is -2.23. The second-order valence-electron chi connectivity index (χ2n) is 6.38. The predicted molar refractivity (Wildman–Crippen MR) is 98.8 cm³/mol. The number of hydrogen-bond acceptors (Lipinski definition) is 4. The molecule has 1 N–H and O–H groups in total. The third kappa shape index (κ3) is 4.34. The number of carbonyl (C=O) groups excluding carboxylic acids is 1. The zero-order valence-corrected chi connectivity index (χ0v) is 15.5. The summed E-state index contributed by atoms with van der Waals surface area (Å²) in [4.78, 5) is 25.2. The Morgan fingerprint density at radius 1 is 1.31 bits per heavy atom. The van der Waals surface area contributed by atoms with Gasteiger partial charge in [0.25, 0.3) is 0 Å². The molecule has 2 aromatic rings. The van der Waals surface area contributed by atoms with Crippen LogP contribution in [0.4, 0.5) is 0 Å². The van der Waals surface area contributed by atoms with Crippen molar-refractivity contribution in [3.05, 3.63) is 45.6 Å². The Hall–Kier alpha value is -2.12. The summed E-state index contributed by atoms with van der Waals surface area (Å²) in [6.07, 6.45) is 3.05. The highest BCUT2D eigenvalue weighted by molar-refractivity contribution is 6.30. The average Bonchev–Trinajstić information content (AvgIpc) is 2.93. The average molecular weight is 379 g/mol. The third-order valence-electron chi connectivity index (χ3n) is 4.37. The largest absolute Gasteiger partial charge is 0.381 e. The predicted octanol–water partition coefficient (Wildman–Crippen LogP) is 1.94. The number of aryl methyl sites for hydroxylation is 1. The molecule has 1 saturated heterocycles. The highest BCUT2D eigenvalue weighted by Gasteiger charge is 2.20. The van der Waals surface area contributed by atoms with E-state index in [4.69, 9.17) is 16.3 Å². The molecular formula is C18H23ClN4O3. The molecule has 0 saturated carbocycles. The minimum absolute atomic E-state index is 0.0287. The van der Waals surface area contributed by atoms with E-state index in [0.29, 0.717) is 36.2 Å². The normalized spacial score (nSPS) is 15.2. The van der Waals surface area contributed by atoms with Crippen LogP contribution in [0.2, 0.25) is 5.02 Å². The van der Waals surface area contributed by atoms with Gasteiger partial charge in [-0.25, -0.2) is 4.79 Å². The van der Waals surface area contributed by atoms with Crippen molar-refractivity contribution in [3.63, 3.8) is 0 Å². The first-order valence-electron chi connectivity index (χ1n) is 8.90. The smallest absolute Gasteiger partial charge is 0.351 e. The summed E-state index contributed by atoms with van der Waals surface area (Å²) in [6.45, 7) is 3.29. The molecule has 8 heteroatoms. The van der Waals surface area contributed by atoms with E-state index >= 15 is 0 Å². The van der Waals surface area contributed by atoms with Gasteiger partial charge < -0.3 is 10.1 Å². The van der Waals surface area contributed by atoms with E-state index in [-0.39, 0.29) is 24.2 Å². The fraction of sp³-hybridized carbons (Fsp3) is 0.500. The van der Waals surface area contributed by atoms with Crippen LogP contribution in [-0.4, -0.2) is 39.5 Å². The topological polar surface area (TPSA) is 78.2 Å². The molecule has 2 heterocycles. The molecule has 0 aliphatic carbocycles. The molecule has 1 aliphatic rings. The molecule has 7 nitrogen and oxygen atoms in total. The van der Waals surface area contributed by atoms with Gasteiger partial charge >= 0.3 is 5.69 Å². The number of ether oxygens (including phenoxy) is 1. The molecule has 3 rings (SSSR count). The van der Waals surface area contributed by atoms with Gasteiger partial charge in [0.1, 0.15) is 12.4 Å². The summed E-state index contributed by atoms with van der Waals surface area (Å²) in [5, 5.41) is 8.00. The lowest BCUT2D eigenvalue weighted by Crippen LogP contribution is -2.42. The molecule has 1 fully saturated rings. The monoisotopic (exact) mass is 378 g/mol. The summed E-state index contributed by atoms with van der Waals surface area (Å²) in [7, 11) is 0. The Bertz CT molecular complexity index is 807. The van der Waals surface area contributed by atoms with Gasteiger partial charge in [-0.2, -0.15) is 4.68 Å². The molecule has 0 unspecified atom stereocenters. The Morgan fingerprint density at radius 2 is 2.00 bits per heavy atom. The zero-order valence-electron chi connectivity index (χ0n) is 14.8. The fourth-order valence-corrected chi connectivity index (χ4v) is 3.14. The minimum Gasteiger partial charge on any atom is -0.381 e. The maximum absolute atomic E-state index is 12.8. The first-order chi connectivity index (χ1) is 12.6. The maximum atomic E-state index is 12.8. The molecule has 26 heavy (non-hydrogen) atoms. The number of nitrogens with one attached hydrogen (secondary N) is 1. The maximum Gasteiger partial charge on any atom is 0.351 e. The van der Waals surface area contributed by atoms with Crippen LogP contribution in [0.15, 0.2) is 29.1 Å². The standard InChI is InChI=1S/C18H23ClN4O3/c1-2-3-16-21-23(15-6-4-13(19)5-7-15)18(25)22(16)12-17(24)20-14-8-10-26-11-9-14/h4-7,14H,2-3,8-12H2,1H3,(H,20,24). The molecular weight excluding hydrogens is 356 g/mol. The number of carbonyl (C=O) groups is 1. The molecule has 0 atom stereocenters. The van der Waals surface area contributed by atoms with Crippen molar-refractivity contribution in [1.29, 1.82) is 0 Å². The number of benzene rings is 1. The number of nitrogens with zero attached hydrogens (tertiary/aromatic N) is 3. The summed E-state index contributed by atoms with van der Waals surface area (Å²) in [6, 6.07) is 6.99. The Labute approximate surface area is 156 Å². The van der Waals surface area contributed by atoms with E-state index in [9.17, 15) is 9.59 Å². The zero-order chi connectivity index (χ0) is 18.5. The highest BCUT2D eigenvalue weighted by Crippen LogP contribution is 2.12. The van der Waals surface area contributed by atoms with Crippen LogP contribution >= 0.6 is 11.6 Å². The number of amides is 1. The molecule has 140 valence electrons. The number of hydrogen-bond donors (Lipinski definition) is 1. The van der Waals surface area contributed by atoms with E-state index in [1.165, 1.54) is 9.25 Å². The molecule has 0 spiro atoms. The van der Waals surface area contributed by atoms with Crippen LogP contribution in [0.3, 0.4) is 0 Å². The van der Waals surface area contributed by atoms with Crippen LogP contribution in [-0.2, 0) is 22.5 Å². The van der Waals surface area contributed by atoms with Gasteiger partial charge in [0, 0.05) is 30.7 Å². The lowest BCUT2D eigenvalue weighted by atomic mass is 10.1. The summed E-state index contributed by atoms with van der Waals surface area (Å²) in [5.74, 6) is 0.432. The quantitative estimate of drug-likeness (QED) is 0.833. The van der Waals surface area contributed by atoms with Gasteiger partial charge in [0.15, 0.2) is 0 Å². The van der Waals surface area contributed by atoms with Crippen molar-refractivity contribution in [2.24, 2.45) is 0 Å². The van der Waals surface area contributed by atoms with Gasteiger partial charge in [0.2, 0.25) is 5.91 Å². The van der Waals surface area contributed by atoms with E-state index in [2.05, 4.69) is 10.4 Å². The van der Waals surface area contributed by atoms with Crippen molar-refractivity contribution in [3.8, 4) is 5.69 Å². The number of halogens is 1. The summed E-state index contributed by atoms with van der Waals surface area (Å²) < 4.78 is 8.07. The second kappa shape index (κ2) is 8.51. The first-order valence-corrected chi connectivity index (χ1v) is 9.28. The van der Waals surface area contributed by atoms with Gasteiger partial charge in [-0.3, -0.25) is 9.36 Å². The second-order valence-corrected chi connectivity index (χ2v) is 6.81. The van der Waals surface area contributed by atoms with Gasteiger partial charge in [-0.1, -0.05) is 18.5 Å². The van der Waals surface area contributed by atoms with E-state index < -0.39 is 0 Å². The van der Waals surface area contributed by atoms with Crippen LogP contribution in [0.5, 0.6) is 0 Å². The van der Waals surface area contributed by atoms with Crippen LogP contribution < -0.4 is 11.0 Å². The number of rotatable bonds is 6. The van der Waals surface area contributed by atoms with Crippen molar-refractivity contribution in [2.45, 2.75) is 45.2 Å². The van der Waals surface area contributed by atoms with Crippen LogP contribution in [0, 0.1) is 0 Å².